The van der Waals surface area contributed by atoms with Gasteiger partial charge in [-0.2, -0.15) is 19.8 Å². The quantitative estimate of drug-likeness (QED) is 0.0301. The third-order valence-corrected chi connectivity index (χ3v) is 20.9. The predicted octanol–water partition coefficient (Wildman–Crippen LogP) is 6.70. The van der Waals surface area contributed by atoms with Gasteiger partial charge >= 0.3 is 0 Å². The van der Waals surface area contributed by atoms with Crippen molar-refractivity contribution < 1.29 is 210 Å². The summed E-state index contributed by atoms with van der Waals surface area (Å²) in [5, 5.41) is 10.5. The molecule has 0 spiro atoms. The van der Waals surface area contributed by atoms with Gasteiger partial charge in [0.05, 0.1) is 48.3 Å². The molecule has 0 aromatic rings. The van der Waals surface area contributed by atoms with Gasteiger partial charge in [0.1, 0.15) is 20.8 Å². The summed E-state index contributed by atoms with van der Waals surface area (Å²) < 4.78 is 163. The standard InChI is InChI=1S/C20H39N2O6P2.C16H30NO7P2.C10H20O8P2.3CH4O.3U/c1-10-27-30(9,23)14-11-20(6)19(18(24-8)15-25-20)28-29(26-13-12-21-7)22(16(2)3)17(4)5;1-8-22-25(6,18)12-9-16(2)15(14(19-4)13-21-16)24-26(7,20-5)23-11-10-17-3;1-10(5-6-20(12,13)14)9(8(15-2)7-17-10)18-19(4,11)16-3;3*1-2;;;/h15-19H,10-14H2,1-6,8-9H3;13-15H,7-12H2,1-2,4-6H3;7-9H,4-6H2,1-3H3,(H2-,11,12,13,14);3*2H,1H3;;;/q2*-1;-2;;;;;;/p-1/t18?,19-,20+,29?,30?;14?,15-,16+,25?,26?;8?,9-,10+,19?;;;;;;/m111....../s1/i6D;2D;1D;3*2T;;;. The Morgan fingerprint density at radius 2 is 1.05 bits per heavy atom. The first-order valence-electron chi connectivity index (χ1n) is 28.7. The number of nitrogens with zero attached hydrogens (tertiary/aromatic N) is 3. The summed E-state index contributed by atoms with van der Waals surface area (Å²) in [6.07, 6.45) is 3.25. The van der Waals surface area contributed by atoms with Gasteiger partial charge in [0.15, 0.2) is 14.7 Å². The van der Waals surface area contributed by atoms with E-state index >= 15 is 0 Å². The molecule has 0 saturated carbocycles. The fourth-order valence-electron chi connectivity index (χ4n) is 7.45. The van der Waals surface area contributed by atoms with E-state index in [0.29, 0.717) is 19.6 Å². The maximum atomic E-state index is 12.7. The summed E-state index contributed by atoms with van der Waals surface area (Å²) in [7, 11) is -7.48. The normalized spacial score (nSPS) is 28.8. The Labute approximate surface area is 590 Å². The minimum Gasteiger partial charge on any atom is -0.789 e. The van der Waals surface area contributed by atoms with Crippen LogP contribution in [0.2, 0.25) is 0 Å². The Kier molecular flexibility index (Phi) is 51.0. The van der Waals surface area contributed by atoms with Crippen LogP contribution in [0.5, 0.6) is 0 Å². The molecule has 502 valence electrons. The predicted molar refractivity (Wildman–Crippen MR) is 317 cm³/mol. The zero-order chi connectivity index (χ0) is 68.6. The summed E-state index contributed by atoms with van der Waals surface area (Å²) in [6.45, 7) is 34.0. The second-order valence-corrected chi connectivity index (χ2v) is 30.8. The smallest absolute Gasteiger partial charge is 0.259 e. The first-order valence-corrected chi connectivity index (χ1v) is 36.3. The number of aliphatic hydroxyl groups is 3. The third-order valence-electron chi connectivity index (χ3n) is 11.5. The fraction of sp³-hybridized carbons (Fsp3) is 0.857. The molecule has 3 rings (SSSR count). The first-order chi connectivity index (χ1) is 41.1. The maximum absolute atomic E-state index is 12.7. The van der Waals surface area contributed by atoms with Gasteiger partial charge in [-0.05, 0) is 106 Å². The van der Waals surface area contributed by atoms with Crippen molar-refractivity contribution in [1.29, 1.82) is 4.29 Å². The second kappa shape index (κ2) is 50.4. The van der Waals surface area contributed by atoms with Crippen LogP contribution in [0.15, 0.2) is 0 Å². The molecule has 0 aliphatic carbocycles. The molecule has 9 unspecified atom stereocenters. The zero-order valence-corrected chi connectivity index (χ0v) is 70.1. The monoisotopic (exact) mass is 2020 g/mol. The summed E-state index contributed by atoms with van der Waals surface area (Å²) in [6, 6.07) is 0.288. The van der Waals surface area contributed by atoms with Crippen LogP contribution in [-0.4, -0.2) is 236 Å². The van der Waals surface area contributed by atoms with Crippen LogP contribution in [0, 0.1) is 126 Å². The van der Waals surface area contributed by atoms with E-state index in [1.165, 1.54) is 55.9 Å². The SMILES string of the molecule is [2H]C[C@@]1(CCP(=O)([O-])O)O[CH-]C(OC)[C@H]1OP(=C)([O-])OC.[2H]C[C@@]1(CCP(C)(=O)OCC)O[CH-]C(OC)[C@H]1OP(=C)(OC)OCC[N+]#[C-].[2H]C[C@@]1(CCP(C)(=O)OCC)O[CH-]C(OC)[C@H]1OP(OCC[N+]#[C-])N(C(C)C)C(C)C.[3H]OC.[3H]OC.[3H]OC.[U].[U].[U]. The Bertz CT molecular complexity index is 2190. The summed E-state index contributed by atoms with van der Waals surface area (Å²) >= 11 is 0. The molecule has 36 heteroatoms. The van der Waals surface area contributed by atoms with Gasteiger partial charge in [-0.1, -0.05) is 6.30 Å². The molecule has 0 amide bonds. The van der Waals surface area contributed by atoms with Crippen molar-refractivity contribution in [2.45, 2.75) is 147 Å². The molecule has 3 saturated heterocycles. The van der Waals surface area contributed by atoms with Gasteiger partial charge in [0, 0.05) is 206 Å². The van der Waals surface area contributed by atoms with Crippen LogP contribution >= 0.6 is 46.0 Å². The number of ether oxygens (including phenoxy) is 6. The van der Waals surface area contributed by atoms with Gasteiger partial charge in [0.2, 0.25) is 17.4 Å². The zero-order valence-electron chi connectivity index (χ0n) is 58.2. The summed E-state index contributed by atoms with van der Waals surface area (Å²) in [5.74, 6) is 0. The molecule has 85 heavy (non-hydrogen) atoms. The molecule has 3 aliphatic heterocycles. The van der Waals surface area contributed by atoms with Crippen molar-refractivity contribution in [3.63, 3.8) is 0 Å². The van der Waals surface area contributed by atoms with Gasteiger partial charge in [-0.25, -0.2) is 17.8 Å². The van der Waals surface area contributed by atoms with Crippen LogP contribution < -0.4 is 9.79 Å². The van der Waals surface area contributed by atoms with Gasteiger partial charge in [0.25, 0.3) is 16.1 Å². The number of aliphatic hydroxyl groups excluding tert-OH is 3. The molecule has 0 aromatic heterocycles. The molecular formula is C49H100N3O24P6U3-5. The Hall–Kier alpha value is 2.98. The molecule has 27 nitrogen and oxygen atoms in total. The Morgan fingerprint density at radius 1 is 0.682 bits per heavy atom. The van der Waals surface area contributed by atoms with E-state index in [2.05, 4.69) is 74.5 Å². The van der Waals surface area contributed by atoms with Crippen molar-refractivity contribution in [3.8, 4) is 0 Å². The molecular weight excluding hydrogens is 1910 g/mol. The minimum absolute atomic E-state index is 0. The maximum Gasteiger partial charge on any atom is 0.259 e. The van der Waals surface area contributed by atoms with E-state index in [1.807, 2.05) is 6.92 Å². The van der Waals surface area contributed by atoms with Crippen molar-refractivity contribution in [1.82, 2.24) is 4.67 Å². The first kappa shape index (κ1) is 86.0. The molecule has 0 aromatic carbocycles. The van der Waals surface area contributed by atoms with E-state index in [4.69, 9.17) is 91.1 Å². The summed E-state index contributed by atoms with van der Waals surface area (Å²) in [5.41, 5.74) is -3.53. The number of rotatable bonds is 33. The largest absolute Gasteiger partial charge is 0.789 e. The van der Waals surface area contributed by atoms with Gasteiger partial charge in [-0.15, -0.1) is 0 Å². The molecule has 15 atom stereocenters. The second-order valence-electron chi connectivity index (χ2n) is 18.4. The molecule has 0 radical (unpaired) electrons. The Morgan fingerprint density at radius 3 is 1.38 bits per heavy atom. The molecule has 4 N–H and O–H groups in total. The van der Waals surface area contributed by atoms with Crippen molar-refractivity contribution in [3.05, 3.63) is 42.7 Å². The number of methoxy groups -OCH3 is 3. The van der Waals surface area contributed by atoms with Crippen LogP contribution in [0.1, 0.15) is 85.6 Å². The van der Waals surface area contributed by atoms with Crippen LogP contribution in [0.25, 0.3) is 9.69 Å². The van der Waals surface area contributed by atoms with Gasteiger partial charge in [-0.3, -0.25) is 9.13 Å². The average molecular weight is 2020 g/mol. The number of hydrogen-bond donors (Lipinski definition) is 4. The van der Waals surface area contributed by atoms with E-state index < -0.39 is 112 Å². The van der Waals surface area contributed by atoms with Crippen molar-refractivity contribution in [2.75, 3.05) is 128 Å². The average Bonchev–Trinajstić information content (AvgIpc) is 1.75. The van der Waals surface area contributed by atoms with E-state index in [1.54, 1.807) is 34.0 Å². The molecule has 3 aliphatic rings. The van der Waals surface area contributed by atoms with Crippen molar-refractivity contribution in [2.24, 2.45) is 0 Å². The molecule has 3 fully saturated rings. The van der Waals surface area contributed by atoms with Crippen LogP contribution in [0.4, 0.5) is 0 Å². The Balaban J connectivity index is -0.000000278. The molecule has 3 heterocycles. The summed E-state index contributed by atoms with van der Waals surface area (Å²) in [4.78, 5) is 38.3. The van der Waals surface area contributed by atoms with Crippen LogP contribution in [0.3, 0.4) is 0 Å². The van der Waals surface area contributed by atoms with E-state index in [-0.39, 0.29) is 171 Å². The van der Waals surface area contributed by atoms with Crippen molar-refractivity contribution >= 4 is 58.6 Å². The minimum atomic E-state index is -4.53. The number of hydrogen-bond acceptors (Lipinski definition) is 24. The van der Waals surface area contributed by atoms with E-state index in [0.717, 1.165) is 7.11 Å². The fourth-order valence-corrected chi connectivity index (χ4v) is 14.8. The van der Waals surface area contributed by atoms with Gasteiger partial charge < -0.3 is 113 Å². The third kappa shape index (κ3) is 37.8. The van der Waals surface area contributed by atoms with Crippen LogP contribution in [-0.2, 0) is 82.8 Å². The topological polar surface area (TPSA) is 329 Å². The van der Waals surface area contributed by atoms with E-state index in [9.17, 15) is 23.5 Å². The molecule has 0 bridgehead atoms.